The molecule has 4 amide bonds. The molecule has 19 heteroatoms. The number of carbonyl (C=O) groups excluding carboxylic acids is 4. The van der Waals surface area contributed by atoms with Gasteiger partial charge in [0.2, 0.25) is 23.6 Å². The van der Waals surface area contributed by atoms with E-state index in [4.69, 9.17) is 40.1 Å². The maximum Gasteiger partial charge on any atom is 0.326 e. The molecule has 0 saturated carbocycles. The molecule has 0 spiro atoms. The van der Waals surface area contributed by atoms with E-state index in [9.17, 15) is 29.1 Å². The highest BCUT2D eigenvalue weighted by atomic mass is 16.4. The molecule has 0 bridgehead atoms. The summed E-state index contributed by atoms with van der Waals surface area (Å²) >= 11 is 0. The first-order valence-electron chi connectivity index (χ1n) is 15.5. The van der Waals surface area contributed by atoms with Gasteiger partial charge in [0, 0.05) is 32.7 Å². The Kier molecular flexibility index (Phi) is 18.6. The highest BCUT2D eigenvalue weighted by Gasteiger charge is 2.37. The van der Waals surface area contributed by atoms with Crippen LogP contribution in [0.5, 0.6) is 0 Å². The Morgan fingerprint density at radius 1 is 0.783 bits per heavy atom. The maximum absolute atomic E-state index is 13.1. The molecule has 0 radical (unpaired) electrons. The topological polar surface area (TPSA) is 352 Å². The van der Waals surface area contributed by atoms with Crippen LogP contribution in [0.15, 0.2) is 9.98 Å². The van der Waals surface area contributed by atoms with Crippen LogP contribution in [0, 0.1) is 0 Å². The number of rotatable bonds is 22. The molecule has 0 aromatic heterocycles. The highest BCUT2D eigenvalue weighted by molar-refractivity contribution is 5.94. The summed E-state index contributed by atoms with van der Waals surface area (Å²) in [5.74, 6) is -3.39. The van der Waals surface area contributed by atoms with Crippen molar-refractivity contribution in [2.75, 3.05) is 32.7 Å². The van der Waals surface area contributed by atoms with Crippen molar-refractivity contribution in [3.63, 3.8) is 0 Å². The third-order valence-corrected chi connectivity index (χ3v) is 7.38. The number of nitrogens with one attached hydrogen (secondary N) is 3. The van der Waals surface area contributed by atoms with Crippen molar-refractivity contribution in [3.8, 4) is 0 Å². The average molecular weight is 656 g/mol. The number of hydrogen-bond donors (Lipinski definition) is 11. The standard InChI is InChI=1S/C27H53N13O6/c28-15-19(22(42)38-18(25(45)46)9-5-13-37-27(33)34)39-23(43)20-10-6-14-40(20)24(44)17(30)8-2-3-11-35-21(41)16(29)7-1-4-12-36-26(31)32/h16-20H,1-15,28-30H2,(H,35,41)(H,38,42)(H,39,43)(H,45,46)(H4,31,32,36)(H4,33,34,37)/t16?,17-,18-,19-,20-/m0/s1. The van der Waals surface area contributed by atoms with Crippen molar-refractivity contribution in [1.82, 2.24) is 20.9 Å². The molecule has 19 nitrogen and oxygen atoms in total. The molecule has 0 aliphatic carbocycles. The van der Waals surface area contributed by atoms with Gasteiger partial charge in [0.05, 0.1) is 12.1 Å². The number of carbonyl (C=O) groups is 5. The fraction of sp³-hybridized carbons (Fsp3) is 0.741. The van der Waals surface area contributed by atoms with Crippen LogP contribution in [-0.4, -0.2) is 114 Å². The summed E-state index contributed by atoms with van der Waals surface area (Å²) < 4.78 is 0. The van der Waals surface area contributed by atoms with Gasteiger partial charge in [-0.1, -0.05) is 0 Å². The van der Waals surface area contributed by atoms with E-state index in [2.05, 4.69) is 25.9 Å². The summed E-state index contributed by atoms with van der Waals surface area (Å²) in [5, 5.41) is 17.2. The minimum absolute atomic E-state index is 0.0234. The summed E-state index contributed by atoms with van der Waals surface area (Å²) in [4.78, 5) is 71.8. The molecule has 5 atom stereocenters. The SMILES string of the molecule is NC[C@H](NC(=O)[C@@H]1CCCN1C(=O)[C@@H](N)CCCCNC(=O)C(N)CCCCN=C(N)N)C(=O)N[C@@H](CCCN=C(N)N)C(=O)O. The van der Waals surface area contributed by atoms with Gasteiger partial charge < -0.3 is 66.1 Å². The Labute approximate surface area is 268 Å². The van der Waals surface area contributed by atoms with Gasteiger partial charge in [0.15, 0.2) is 11.9 Å². The van der Waals surface area contributed by atoms with Gasteiger partial charge in [0.25, 0.3) is 0 Å². The quantitative estimate of drug-likeness (QED) is 0.0297. The average Bonchev–Trinajstić information content (AvgIpc) is 3.49. The van der Waals surface area contributed by atoms with E-state index in [0.29, 0.717) is 77.4 Å². The molecular weight excluding hydrogens is 602 g/mol. The van der Waals surface area contributed by atoms with E-state index < -0.39 is 53.9 Å². The number of aliphatic carboxylic acids is 1. The molecule has 0 aromatic carbocycles. The second-order valence-corrected chi connectivity index (χ2v) is 11.1. The van der Waals surface area contributed by atoms with Crippen LogP contribution in [0.25, 0.3) is 0 Å². The van der Waals surface area contributed by atoms with Crippen molar-refractivity contribution in [2.24, 2.45) is 50.1 Å². The number of likely N-dealkylation sites (tertiary alicyclic amines) is 1. The van der Waals surface area contributed by atoms with Crippen LogP contribution in [-0.2, 0) is 24.0 Å². The molecule has 0 aromatic rings. The molecule has 1 fully saturated rings. The van der Waals surface area contributed by atoms with E-state index in [1.54, 1.807) is 0 Å². The van der Waals surface area contributed by atoms with E-state index in [1.807, 2.05) is 0 Å². The normalized spacial score (nSPS) is 16.8. The third kappa shape index (κ3) is 15.2. The molecule has 1 heterocycles. The van der Waals surface area contributed by atoms with Crippen molar-refractivity contribution >= 4 is 41.5 Å². The second kappa shape index (κ2) is 21.5. The number of unbranched alkanes of at least 4 members (excludes halogenated alkanes) is 2. The molecule has 262 valence electrons. The smallest absolute Gasteiger partial charge is 0.326 e. The van der Waals surface area contributed by atoms with Crippen molar-refractivity contribution in [2.45, 2.75) is 94.4 Å². The van der Waals surface area contributed by atoms with Gasteiger partial charge >= 0.3 is 5.97 Å². The fourth-order valence-electron chi connectivity index (χ4n) is 4.82. The van der Waals surface area contributed by atoms with Crippen LogP contribution in [0.4, 0.5) is 0 Å². The van der Waals surface area contributed by atoms with E-state index in [-0.39, 0.29) is 37.3 Å². The zero-order chi connectivity index (χ0) is 34.6. The maximum atomic E-state index is 13.1. The number of hydrogen-bond acceptors (Lipinski definition) is 10. The summed E-state index contributed by atoms with van der Waals surface area (Å²) in [5.41, 5.74) is 38.8. The van der Waals surface area contributed by atoms with Crippen LogP contribution in [0.2, 0.25) is 0 Å². The largest absolute Gasteiger partial charge is 0.480 e. The zero-order valence-corrected chi connectivity index (χ0v) is 26.4. The lowest BCUT2D eigenvalue weighted by atomic mass is 10.1. The van der Waals surface area contributed by atoms with Crippen LogP contribution >= 0.6 is 0 Å². The predicted octanol–water partition coefficient (Wildman–Crippen LogP) is -4.57. The minimum atomic E-state index is -1.26. The number of carboxylic acid groups (broad SMARTS) is 1. The number of amides is 4. The molecule has 1 saturated heterocycles. The number of nitrogens with two attached hydrogens (primary N) is 7. The van der Waals surface area contributed by atoms with E-state index in [1.165, 1.54) is 4.90 Å². The first-order chi connectivity index (χ1) is 21.8. The van der Waals surface area contributed by atoms with Crippen LogP contribution in [0.1, 0.15) is 64.2 Å². The predicted molar refractivity (Wildman–Crippen MR) is 173 cm³/mol. The summed E-state index contributed by atoms with van der Waals surface area (Å²) in [6.07, 6.45) is 4.65. The molecule has 1 rings (SSSR count). The molecule has 1 aliphatic rings. The van der Waals surface area contributed by atoms with Crippen LogP contribution in [0.3, 0.4) is 0 Å². The second-order valence-electron chi connectivity index (χ2n) is 11.1. The third-order valence-electron chi connectivity index (χ3n) is 7.38. The van der Waals surface area contributed by atoms with E-state index >= 15 is 0 Å². The summed E-state index contributed by atoms with van der Waals surface area (Å²) in [6, 6.07) is -4.82. The monoisotopic (exact) mass is 655 g/mol. The highest BCUT2D eigenvalue weighted by Crippen LogP contribution is 2.19. The van der Waals surface area contributed by atoms with Crippen molar-refractivity contribution < 1.29 is 29.1 Å². The van der Waals surface area contributed by atoms with Gasteiger partial charge in [-0.15, -0.1) is 0 Å². The number of nitrogens with zero attached hydrogens (tertiary/aromatic N) is 3. The molecule has 1 aliphatic heterocycles. The lowest BCUT2D eigenvalue weighted by Crippen LogP contribution is -2.58. The number of guanidine groups is 2. The fourth-order valence-corrected chi connectivity index (χ4v) is 4.82. The van der Waals surface area contributed by atoms with Gasteiger partial charge in [0.1, 0.15) is 18.1 Å². The zero-order valence-electron chi connectivity index (χ0n) is 26.4. The van der Waals surface area contributed by atoms with E-state index in [0.717, 1.165) is 0 Å². The molecule has 46 heavy (non-hydrogen) atoms. The van der Waals surface area contributed by atoms with Gasteiger partial charge in [-0.05, 0) is 64.2 Å². The van der Waals surface area contributed by atoms with Crippen molar-refractivity contribution in [3.05, 3.63) is 0 Å². The Morgan fingerprint density at radius 2 is 1.39 bits per heavy atom. The Bertz CT molecular complexity index is 1060. The summed E-state index contributed by atoms with van der Waals surface area (Å²) in [7, 11) is 0. The molecule has 1 unspecified atom stereocenters. The first-order valence-corrected chi connectivity index (χ1v) is 15.5. The minimum Gasteiger partial charge on any atom is -0.480 e. The van der Waals surface area contributed by atoms with Gasteiger partial charge in [-0.2, -0.15) is 0 Å². The lowest BCUT2D eigenvalue weighted by molar-refractivity contribution is -0.143. The van der Waals surface area contributed by atoms with Gasteiger partial charge in [-0.25, -0.2) is 4.79 Å². The Balaban J connectivity index is 2.51. The number of aliphatic imine (C=N–C) groups is 2. The van der Waals surface area contributed by atoms with Gasteiger partial charge in [-0.3, -0.25) is 29.2 Å². The summed E-state index contributed by atoms with van der Waals surface area (Å²) in [6.45, 7) is 1.06. The van der Waals surface area contributed by atoms with Crippen molar-refractivity contribution in [1.29, 1.82) is 0 Å². The molecular formula is C27H53N13O6. The Morgan fingerprint density at radius 3 is 2.00 bits per heavy atom. The number of carboxylic acids is 1. The lowest BCUT2D eigenvalue weighted by Gasteiger charge is -2.28. The first kappa shape index (κ1) is 39.8. The molecule has 18 N–H and O–H groups in total. The van der Waals surface area contributed by atoms with Crippen LogP contribution < -0.4 is 56.1 Å². The Hall–Kier alpha value is -4.23.